The average molecular weight is 292 g/mol. The van der Waals surface area contributed by atoms with E-state index >= 15 is 0 Å². The molecule has 0 saturated carbocycles. The van der Waals surface area contributed by atoms with Crippen LogP contribution in [0.3, 0.4) is 0 Å². The number of nitrogens with zero attached hydrogens (tertiary/aromatic N) is 3. The van der Waals surface area contributed by atoms with Gasteiger partial charge in [-0.2, -0.15) is 4.98 Å². The summed E-state index contributed by atoms with van der Waals surface area (Å²) < 4.78 is 6.69. The minimum Gasteiger partial charge on any atom is -0.385 e. The second-order valence-electron chi connectivity index (χ2n) is 3.09. The molecule has 8 heteroatoms. The molecular formula is C8H14BrN5O2. The fraction of sp³-hybridized carbons (Fsp3) is 0.625. The van der Waals surface area contributed by atoms with E-state index in [4.69, 9.17) is 10.5 Å². The summed E-state index contributed by atoms with van der Waals surface area (Å²) in [6.45, 7) is 1.30. The molecule has 0 aliphatic heterocycles. The minimum absolute atomic E-state index is 0.0950. The monoisotopic (exact) mass is 291 g/mol. The van der Waals surface area contributed by atoms with Crippen LogP contribution in [0.4, 0.5) is 5.95 Å². The molecule has 0 spiro atoms. The number of carbonyl (C=O) groups is 1. The summed E-state index contributed by atoms with van der Waals surface area (Å²) in [6, 6.07) is 0. The number of hydrogen-bond donors (Lipinski definition) is 2. The van der Waals surface area contributed by atoms with Gasteiger partial charge in [-0.15, -0.1) is 5.10 Å². The zero-order valence-electron chi connectivity index (χ0n) is 8.94. The van der Waals surface area contributed by atoms with E-state index in [9.17, 15) is 4.79 Å². The van der Waals surface area contributed by atoms with Crippen LogP contribution in [-0.4, -0.2) is 40.9 Å². The Labute approximate surface area is 101 Å². The molecule has 0 atom stereocenters. The molecule has 0 aliphatic carbocycles. The lowest BCUT2D eigenvalue weighted by Crippen LogP contribution is -2.29. The Bertz CT molecular complexity index is 354. The molecule has 0 aliphatic rings. The SMILES string of the molecule is COCCCNC(=O)Cn1nc(N)nc1Br. The zero-order chi connectivity index (χ0) is 12.0. The van der Waals surface area contributed by atoms with Crippen LogP contribution in [-0.2, 0) is 16.1 Å². The number of hydrogen-bond acceptors (Lipinski definition) is 5. The number of carbonyl (C=O) groups excluding carboxylic acids is 1. The van der Waals surface area contributed by atoms with Crippen LogP contribution in [0.5, 0.6) is 0 Å². The number of methoxy groups -OCH3 is 1. The maximum absolute atomic E-state index is 11.4. The molecule has 0 saturated heterocycles. The number of nitrogens with one attached hydrogen (secondary N) is 1. The summed E-state index contributed by atoms with van der Waals surface area (Å²) >= 11 is 3.15. The first-order valence-corrected chi connectivity index (χ1v) is 5.54. The van der Waals surface area contributed by atoms with Crippen LogP contribution in [0.15, 0.2) is 4.73 Å². The van der Waals surface area contributed by atoms with E-state index in [1.165, 1.54) is 4.68 Å². The van der Waals surface area contributed by atoms with Gasteiger partial charge in [0.2, 0.25) is 11.9 Å². The molecule has 3 N–H and O–H groups in total. The van der Waals surface area contributed by atoms with Gasteiger partial charge in [-0.25, -0.2) is 4.68 Å². The molecule has 1 heterocycles. The molecule has 0 bridgehead atoms. The Morgan fingerprint density at radius 3 is 3.00 bits per heavy atom. The Hall–Kier alpha value is -1.15. The van der Waals surface area contributed by atoms with Gasteiger partial charge >= 0.3 is 0 Å². The third-order valence-electron chi connectivity index (χ3n) is 1.78. The summed E-state index contributed by atoms with van der Waals surface area (Å²) in [7, 11) is 1.62. The predicted molar refractivity (Wildman–Crippen MR) is 61.6 cm³/mol. The van der Waals surface area contributed by atoms with Gasteiger partial charge in [0.05, 0.1) is 0 Å². The normalized spacial score (nSPS) is 10.4. The summed E-state index contributed by atoms with van der Waals surface area (Å²) in [4.78, 5) is 15.3. The Balaban J connectivity index is 2.31. The molecule has 16 heavy (non-hydrogen) atoms. The number of anilines is 1. The fourth-order valence-corrected chi connectivity index (χ4v) is 1.46. The third kappa shape index (κ3) is 4.15. The highest BCUT2D eigenvalue weighted by atomic mass is 79.9. The number of nitrogens with two attached hydrogens (primary N) is 1. The summed E-state index contributed by atoms with van der Waals surface area (Å²) in [5, 5.41) is 6.58. The van der Waals surface area contributed by atoms with Crippen molar-refractivity contribution in [1.82, 2.24) is 20.1 Å². The van der Waals surface area contributed by atoms with E-state index in [1.807, 2.05) is 0 Å². The number of amides is 1. The van der Waals surface area contributed by atoms with Crippen LogP contribution in [0, 0.1) is 0 Å². The predicted octanol–water partition coefficient (Wildman–Crippen LogP) is -0.225. The highest BCUT2D eigenvalue weighted by molar-refractivity contribution is 9.10. The average Bonchev–Trinajstić information content (AvgIpc) is 2.52. The topological polar surface area (TPSA) is 95.1 Å². The highest BCUT2D eigenvalue weighted by Gasteiger charge is 2.08. The molecule has 1 rings (SSSR count). The highest BCUT2D eigenvalue weighted by Crippen LogP contribution is 2.06. The largest absolute Gasteiger partial charge is 0.385 e. The van der Waals surface area contributed by atoms with E-state index in [1.54, 1.807) is 7.11 Å². The molecule has 7 nitrogen and oxygen atoms in total. The fourth-order valence-electron chi connectivity index (χ4n) is 1.08. The van der Waals surface area contributed by atoms with Gasteiger partial charge in [-0.3, -0.25) is 4.79 Å². The van der Waals surface area contributed by atoms with Gasteiger partial charge in [0, 0.05) is 20.3 Å². The van der Waals surface area contributed by atoms with E-state index in [2.05, 4.69) is 31.3 Å². The Kier molecular flexibility index (Phi) is 5.20. The van der Waals surface area contributed by atoms with Crippen molar-refractivity contribution in [3.63, 3.8) is 0 Å². The Morgan fingerprint density at radius 2 is 2.44 bits per heavy atom. The van der Waals surface area contributed by atoms with Gasteiger partial charge in [0.1, 0.15) is 6.54 Å². The molecular weight excluding hydrogens is 278 g/mol. The lowest BCUT2D eigenvalue weighted by Gasteiger charge is -2.04. The molecule has 1 aromatic rings. The molecule has 1 amide bonds. The van der Waals surface area contributed by atoms with Crippen molar-refractivity contribution in [2.75, 3.05) is 26.0 Å². The van der Waals surface area contributed by atoms with Gasteiger partial charge in [-0.05, 0) is 22.4 Å². The second kappa shape index (κ2) is 6.44. The second-order valence-corrected chi connectivity index (χ2v) is 3.80. The van der Waals surface area contributed by atoms with Crippen LogP contribution in [0.1, 0.15) is 6.42 Å². The van der Waals surface area contributed by atoms with Crippen molar-refractivity contribution in [2.45, 2.75) is 13.0 Å². The molecule has 0 aromatic carbocycles. The number of nitrogen functional groups attached to an aromatic ring is 1. The molecule has 0 radical (unpaired) electrons. The van der Waals surface area contributed by atoms with Crippen molar-refractivity contribution < 1.29 is 9.53 Å². The van der Waals surface area contributed by atoms with Crippen LogP contribution in [0.2, 0.25) is 0 Å². The lowest BCUT2D eigenvalue weighted by molar-refractivity contribution is -0.121. The van der Waals surface area contributed by atoms with Crippen molar-refractivity contribution in [2.24, 2.45) is 0 Å². The number of aromatic nitrogens is 3. The van der Waals surface area contributed by atoms with Gasteiger partial charge in [-0.1, -0.05) is 0 Å². The lowest BCUT2D eigenvalue weighted by atomic mass is 10.4. The number of halogens is 1. The van der Waals surface area contributed by atoms with Crippen LogP contribution >= 0.6 is 15.9 Å². The molecule has 0 fully saturated rings. The zero-order valence-corrected chi connectivity index (χ0v) is 10.5. The summed E-state index contributed by atoms with van der Waals surface area (Å²) in [5.74, 6) is 0.000705. The first-order chi connectivity index (χ1) is 7.63. The van der Waals surface area contributed by atoms with E-state index in [-0.39, 0.29) is 18.4 Å². The van der Waals surface area contributed by atoms with Crippen molar-refractivity contribution >= 4 is 27.8 Å². The number of ether oxygens (including phenoxy) is 1. The first-order valence-electron chi connectivity index (χ1n) is 4.75. The van der Waals surface area contributed by atoms with Crippen molar-refractivity contribution in [1.29, 1.82) is 0 Å². The van der Waals surface area contributed by atoms with Gasteiger partial charge < -0.3 is 15.8 Å². The van der Waals surface area contributed by atoms with E-state index in [0.717, 1.165) is 6.42 Å². The van der Waals surface area contributed by atoms with Crippen molar-refractivity contribution in [3.8, 4) is 0 Å². The Morgan fingerprint density at radius 1 is 1.69 bits per heavy atom. The quantitative estimate of drug-likeness (QED) is 0.707. The maximum atomic E-state index is 11.4. The third-order valence-corrected chi connectivity index (χ3v) is 2.37. The standard InChI is InChI=1S/C8H14BrN5O2/c1-16-4-2-3-11-6(15)5-14-7(9)12-8(10)13-14/h2-5H2,1H3,(H2,10,13)(H,11,15). The minimum atomic E-state index is -0.137. The van der Waals surface area contributed by atoms with E-state index in [0.29, 0.717) is 17.9 Å². The van der Waals surface area contributed by atoms with Crippen LogP contribution in [0.25, 0.3) is 0 Å². The number of rotatable bonds is 6. The summed E-state index contributed by atoms with van der Waals surface area (Å²) in [5.41, 5.74) is 5.37. The molecule has 0 unspecified atom stereocenters. The molecule has 90 valence electrons. The van der Waals surface area contributed by atoms with Crippen molar-refractivity contribution in [3.05, 3.63) is 4.73 Å². The first kappa shape index (κ1) is 12.9. The maximum Gasteiger partial charge on any atom is 0.241 e. The smallest absolute Gasteiger partial charge is 0.241 e. The van der Waals surface area contributed by atoms with Crippen LogP contribution < -0.4 is 11.1 Å². The van der Waals surface area contributed by atoms with Gasteiger partial charge in [0.15, 0.2) is 4.73 Å². The summed E-state index contributed by atoms with van der Waals surface area (Å²) in [6.07, 6.45) is 0.781. The van der Waals surface area contributed by atoms with Gasteiger partial charge in [0.25, 0.3) is 0 Å². The van der Waals surface area contributed by atoms with E-state index < -0.39 is 0 Å². The molecule has 1 aromatic heterocycles.